The second-order valence-corrected chi connectivity index (χ2v) is 9.51. The summed E-state index contributed by atoms with van der Waals surface area (Å²) in [7, 11) is 0. The van der Waals surface area contributed by atoms with Crippen LogP contribution in [0.5, 0.6) is 0 Å². The third-order valence-corrected chi connectivity index (χ3v) is 7.48. The number of carboxylic acids is 1. The molecule has 1 aliphatic heterocycles. The Kier molecular flexibility index (Phi) is 7.64. The van der Waals surface area contributed by atoms with Crippen molar-refractivity contribution >= 4 is 48.8 Å². The van der Waals surface area contributed by atoms with Crippen LogP contribution in [0.1, 0.15) is 44.8 Å². The van der Waals surface area contributed by atoms with Crippen LogP contribution >= 0.6 is 22.7 Å². The third-order valence-electron chi connectivity index (χ3n) is 5.17. The maximum Gasteiger partial charge on any atom is 0.345 e. The van der Waals surface area contributed by atoms with Crippen LogP contribution in [-0.4, -0.2) is 24.3 Å². The molecule has 5 heteroatoms. The van der Waals surface area contributed by atoms with Crippen LogP contribution in [0.2, 0.25) is 0 Å². The van der Waals surface area contributed by atoms with Gasteiger partial charge in [-0.3, -0.25) is 0 Å². The lowest BCUT2D eigenvalue weighted by Crippen LogP contribution is -1.89. The highest BCUT2D eigenvalue weighted by molar-refractivity contribution is 7.21. The van der Waals surface area contributed by atoms with Crippen LogP contribution in [0.15, 0.2) is 41.8 Å². The van der Waals surface area contributed by atoms with E-state index in [1.54, 1.807) is 6.07 Å². The largest absolute Gasteiger partial charge is 0.477 e. The number of aryl methyl sites for hydroxylation is 4. The average molecular weight is 441 g/mol. The van der Waals surface area contributed by atoms with Gasteiger partial charge in [0, 0.05) is 22.6 Å². The van der Waals surface area contributed by atoms with Crippen molar-refractivity contribution < 1.29 is 14.6 Å². The van der Waals surface area contributed by atoms with Crippen LogP contribution in [0.3, 0.4) is 0 Å². The fraction of sp³-hybridized carbons (Fsp3) is 0.320. The first-order chi connectivity index (χ1) is 14.4. The lowest BCUT2D eigenvalue weighted by molar-refractivity contribution is 0.0702. The summed E-state index contributed by atoms with van der Waals surface area (Å²) < 4.78 is 7.47. The van der Waals surface area contributed by atoms with Gasteiger partial charge in [0.2, 0.25) is 0 Å². The summed E-state index contributed by atoms with van der Waals surface area (Å²) in [6.07, 6.45) is 2.56. The zero-order chi connectivity index (χ0) is 21.7. The Morgan fingerprint density at radius 3 is 1.90 bits per heavy atom. The number of ether oxygens (including phenoxy) is 1. The molecule has 0 unspecified atom stereocenters. The Morgan fingerprint density at radius 1 is 0.833 bits per heavy atom. The lowest BCUT2D eigenvalue weighted by Gasteiger charge is -1.97. The Bertz CT molecular complexity index is 1070. The van der Waals surface area contributed by atoms with E-state index in [0.29, 0.717) is 4.88 Å². The van der Waals surface area contributed by atoms with E-state index in [1.807, 2.05) is 37.3 Å². The molecule has 0 aliphatic carbocycles. The minimum atomic E-state index is -0.843. The summed E-state index contributed by atoms with van der Waals surface area (Å²) >= 11 is 3.17. The number of rotatable bonds is 1. The van der Waals surface area contributed by atoms with E-state index in [4.69, 9.17) is 9.84 Å². The van der Waals surface area contributed by atoms with Crippen molar-refractivity contribution in [2.45, 2.75) is 40.5 Å². The molecule has 158 valence electrons. The van der Waals surface area contributed by atoms with Crippen molar-refractivity contribution in [3.05, 3.63) is 68.9 Å². The van der Waals surface area contributed by atoms with Gasteiger partial charge in [-0.1, -0.05) is 24.3 Å². The van der Waals surface area contributed by atoms with E-state index in [1.165, 1.54) is 45.4 Å². The molecular weight excluding hydrogens is 412 g/mol. The maximum atomic E-state index is 10.8. The first-order valence-corrected chi connectivity index (χ1v) is 11.8. The Balaban J connectivity index is 0.000000142. The highest BCUT2D eigenvalue weighted by Crippen LogP contribution is 2.31. The molecule has 0 saturated carbocycles. The molecule has 0 atom stereocenters. The maximum absolute atomic E-state index is 10.8. The molecule has 0 radical (unpaired) electrons. The number of carboxylic acid groups (broad SMARTS) is 1. The highest BCUT2D eigenvalue weighted by atomic mass is 32.1. The van der Waals surface area contributed by atoms with Crippen LogP contribution in [0, 0.1) is 27.7 Å². The Hall–Kier alpha value is -2.21. The number of thiophene rings is 2. The van der Waals surface area contributed by atoms with Gasteiger partial charge >= 0.3 is 5.97 Å². The SMILES string of the molecule is C1CCOC1.Cc1ccc(C)c2sc(C(=O)O)cc12.Cc1ccc(C)c2sccc12. The Labute approximate surface area is 185 Å². The van der Waals surface area contributed by atoms with E-state index < -0.39 is 5.97 Å². The quantitative estimate of drug-likeness (QED) is 0.333. The minimum absolute atomic E-state index is 0.414. The van der Waals surface area contributed by atoms with Gasteiger partial charge < -0.3 is 9.84 Å². The van der Waals surface area contributed by atoms with E-state index in [0.717, 1.165) is 34.4 Å². The third kappa shape index (κ3) is 5.28. The van der Waals surface area contributed by atoms with Gasteiger partial charge in [0.05, 0.1) is 0 Å². The molecule has 4 aromatic rings. The number of fused-ring (bicyclic) bond motifs is 2. The van der Waals surface area contributed by atoms with Gasteiger partial charge in [0.1, 0.15) is 4.88 Å². The van der Waals surface area contributed by atoms with Crippen LogP contribution in [-0.2, 0) is 4.74 Å². The topological polar surface area (TPSA) is 46.5 Å². The van der Waals surface area contributed by atoms with Crippen LogP contribution in [0.25, 0.3) is 20.2 Å². The minimum Gasteiger partial charge on any atom is -0.477 e. The molecule has 30 heavy (non-hydrogen) atoms. The molecule has 0 amide bonds. The zero-order valence-corrected chi connectivity index (χ0v) is 19.6. The molecule has 2 aromatic carbocycles. The summed E-state index contributed by atoms with van der Waals surface area (Å²) in [4.78, 5) is 11.2. The van der Waals surface area contributed by atoms with Crippen molar-refractivity contribution in [1.29, 1.82) is 0 Å². The molecule has 3 heterocycles. The van der Waals surface area contributed by atoms with Gasteiger partial charge in [-0.05, 0) is 91.1 Å². The summed E-state index contributed by atoms with van der Waals surface area (Å²) in [5.74, 6) is -0.843. The normalized spacial score (nSPS) is 12.9. The highest BCUT2D eigenvalue weighted by Gasteiger charge is 2.10. The molecule has 0 bridgehead atoms. The monoisotopic (exact) mass is 440 g/mol. The fourth-order valence-corrected chi connectivity index (χ4v) is 5.34. The number of carbonyl (C=O) groups is 1. The van der Waals surface area contributed by atoms with Crippen LogP contribution < -0.4 is 0 Å². The number of hydrogen-bond donors (Lipinski definition) is 1. The van der Waals surface area contributed by atoms with E-state index in [-0.39, 0.29) is 0 Å². The van der Waals surface area contributed by atoms with Gasteiger partial charge in [-0.2, -0.15) is 0 Å². The number of hydrogen-bond acceptors (Lipinski definition) is 4. The van der Waals surface area contributed by atoms with Gasteiger partial charge in [-0.25, -0.2) is 4.79 Å². The molecular formula is C25H28O3S2. The molecule has 0 spiro atoms. The number of aromatic carboxylic acids is 1. The Morgan fingerprint density at radius 2 is 1.40 bits per heavy atom. The first kappa shape index (κ1) is 22.5. The standard InChI is InChI=1S/C11H10O2S.C10H10S.C4H8O/c1-6-3-4-7(2)10-8(6)5-9(14-10)11(12)13;1-7-3-4-8(2)10-9(7)5-6-11-10;1-2-4-5-3-1/h3-5H,1-2H3,(H,12,13);3-6H,1-2H3;1-4H2. The van der Waals surface area contributed by atoms with Gasteiger partial charge in [0.15, 0.2) is 0 Å². The van der Waals surface area contributed by atoms with Crippen molar-refractivity contribution in [2.24, 2.45) is 0 Å². The smallest absolute Gasteiger partial charge is 0.345 e. The van der Waals surface area contributed by atoms with Gasteiger partial charge in [-0.15, -0.1) is 22.7 Å². The molecule has 1 saturated heterocycles. The molecule has 1 N–H and O–H groups in total. The van der Waals surface area contributed by atoms with Crippen molar-refractivity contribution in [1.82, 2.24) is 0 Å². The summed E-state index contributed by atoms with van der Waals surface area (Å²) in [5.41, 5.74) is 5.05. The van der Waals surface area contributed by atoms with Crippen LogP contribution in [0.4, 0.5) is 0 Å². The zero-order valence-electron chi connectivity index (χ0n) is 18.0. The predicted octanol–water partition coefficient (Wildman–Crippen LogP) is 7.53. The second kappa shape index (κ2) is 10.2. The summed E-state index contributed by atoms with van der Waals surface area (Å²) in [6.45, 7) is 10.3. The molecule has 2 aromatic heterocycles. The summed E-state index contributed by atoms with van der Waals surface area (Å²) in [6, 6.07) is 12.4. The van der Waals surface area contributed by atoms with Gasteiger partial charge in [0.25, 0.3) is 0 Å². The van der Waals surface area contributed by atoms with E-state index in [9.17, 15) is 4.79 Å². The average Bonchev–Trinajstić information content (AvgIpc) is 3.50. The lowest BCUT2D eigenvalue weighted by atomic mass is 10.1. The van der Waals surface area contributed by atoms with Crippen molar-refractivity contribution in [2.75, 3.05) is 13.2 Å². The molecule has 3 nitrogen and oxygen atoms in total. The fourth-order valence-electron chi connectivity index (χ4n) is 3.35. The molecule has 1 fully saturated rings. The predicted molar refractivity (Wildman–Crippen MR) is 130 cm³/mol. The summed E-state index contributed by atoms with van der Waals surface area (Å²) in [5, 5.41) is 13.5. The van der Waals surface area contributed by atoms with E-state index >= 15 is 0 Å². The number of benzene rings is 2. The second-order valence-electron chi connectivity index (χ2n) is 7.54. The first-order valence-electron chi connectivity index (χ1n) is 10.1. The van der Waals surface area contributed by atoms with Crippen molar-refractivity contribution in [3.63, 3.8) is 0 Å². The molecule has 5 rings (SSSR count). The molecule has 1 aliphatic rings. The van der Waals surface area contributed by atoms with Crippen molar-refractivity contribution in [3.8, 4) is 0 Å². The van der Waals surface area contributed by atoms with E-state index in [2.05, 4.69) is 37.4 Å².